The summed E-state index contributed by atoms with van der Waals surface area (Å²) in [5.41, 5.74) is 1.01. The van der Waals surface area contributed by atoms with Crippen molar-refractivity contribution >= 4 is 40.4 Å². The van der Waals surface area contributed by atoms with Crippen LogP contribution in [0.1, 0.15) is 62.2 Å². The van der Waals surface area contributed by atoms with Crippen LogP contribution < -0.4 is 10.6 Å². The monoisotopic (exact) mass is 455 g/mol. The van der Waals surface area contributed by atoms with E-state index < -0.39 is 11.2 Å². The number of rotatable bonds is 6. The number of hydrogen-bond acceptors (Lipinski definition) is 6. The average Bonchev–Trinajstić information content (AvgIpc) is 3.05. The third-order valence-electron chi connectivity index (χ3n) is 7.17. The molecule has 4 bridgehead atoms. The highest BCUT2D eigenvalue weighted by molar-refractivity contribution is 8.15. The molecule has 8 heteroatoms. The van der Waals surface area contributed by atoms with Crippen LogP contribution in [0.25, 0.3) is 0 Å². The molecule has 1 aromatic rings. The Morgan fingerprint density at radius 2 is 1.75 bits per heavy atom. The molecule has 0 aromatic heterocycles. The number of amides is 2. The summed E-state index contributed by atoms with van der Waals surface area (Å²) in [5, 5.41) is 5.94. The normalized spacial score (nSPS) is 33.9. The molecule has 2 amide bonds. The number of benzene rings is 1. The van der Waals surface area contributed by atoms with E-state index in [1.165, 1.54) is 31.0 Å². The van der Waals surface area contributed by atoms with Gasteiger partial charge in [-0.2, -0.15) is 0 Å². The number of hydrogen-bond donors (Lipinski definition) is 2. The maximum absolute atomic E-state index is 12.5. The van der Waals surface area contributed by atoms with Crippen molar-refractivity contribution in [2.75, 3.05) is 11.9 Å². The molecule has 1 unspecified atom stereocenters. The lowest BCUT2D eigenvalue weighted by Crippen LogP contribution is -2.50. The molecule has 4 saturated carbocycles. The molecule has 6 rings (SSSR count). The zero-order chi connectivity index (χ0) is 22.3. The van der Waals surface area contributed by atoms with Gasteiger partial charge in [0.25, 0.3) is 0 Å². The van der Waals surface area contributed by atoms with Crippen molar-refractivity contribution < 1.29 is 19.1 Å². The molecular weight excluding hydrogens is 426 g/mol. The van der Waals surface area contributed by atoms with Gasteiger partial charge in [-0.1, -0.05) is 11.8 Å². The number of nitrogens with one attached hydrogen (secondary N) is 2. The Hall–Kier alpha value is -2.35. The SMILES string of the molecule is CCOC(=O)c1ccc(NC(=O)CC2SC(=NC34CC5CC(CC(C5)C3)C4)NC2=O)cc1. The van der Waals surface area contributed by atoms with Gasteiger partial charge in [-0.15, -0.1) is 0 Å². The summed E-state index contributed by atoms with van der Waals surface area (Å²) in [6.45, 7) is 2.07. The first-order valence-electron chi connectivity index (χ1n) is 11.6. The summed E-state index contributed by atoms with van der Waals surface area (Å²) in [6, 6.07) is 6.54. The van der Waals surface area contributed by atoms with E-state index in [-0.39, 0.29) is 23.8 Å². The zero-order valence-corrected chi connectivity index (χ0v) is 19.1. The van der Waals surface area contributed by atoms with Crippen molar-refractivity contribution in [3.63, 3.8) is 0 Å². The third-order valence-corrected chi connectivity index (χ3v) is 8.25. The first kappa shape index (κ1) is 21.5. The lowest BCUT2D eigenvalue weighted by molar-refractivity contribution is -0.122. The van der Waals surface area contributed by atoms with Crippen molar-refractivity contribution in [1.82, 2.24) is 5.32 Å². The summed E-state index contributed by atoms with van der Waals surface area (Å²) in [6.07, 6.45) is 7.58. The standard InChI is InChI=1S/C24H29N3O4S/c1-2-31-22(30)17-3-5-18(6-4-17)25-20(28)10-19-21(29)26-23(32-19)27-24-11-14-7-15(12-24)9-16(8-14)13-24/h3-6,14-16,19H,2,7-13H2,1H3,(H,25,28)(H,26,27,29). The molecule has 170 valence electrons. The van der Waals surface area contributed by atoms with Gasteiger partial charge in [-0.05, 0) is 87.5 Å². The first-order valence-corrected chi connectivity index (χ1v) is 12.4. The van der Waals surface area contributed by atoms with Gasteiger partial charge in [0.05, 0.1) is 17.7 Å². The van der Waals surface area contributed by atoms with E-state index in [9.17, 15) is 14.4 Å². The Morgan fingerprint density at radius 3 is 2.34 bits per heavy atom. The summed E-state index contributed by atoms with van der Waals surface area (Å²) in [5.74, 6) is 1.61. The van der Waals surface area contributed by atoms with Crippen molar-refractivity contribution in [2.24, 2.45) is 22.7 Å². The van der Waals surface area contributed by atoms with E-state index in [0.717, 1.165) is 37.0 Å². The predicted octanol–water partition coefficient (Wildman–Crippen LogP) is 3.75. The van der Waals surface area contributed by atoms with Gasteiger partial charge in [-0.25, -0.2) is 4.79 Å². The predicted molar refractivity (Wildman–Crippen MR) is 124 cm³/mol. The number of thioether (sulfide) groups is 1. The Morgan fingerprint density at radius 1 is 1.12 bits per heavy atom. The average molecular weight is 456 g/mol. The van der Waals surface area contributed by atoms with Crippen LogP contribution in [-0.2, 0) is 14.3 Å². The van der Waals surface area contributed by atoms with Crippen molar-refractivity contribution in [3.05, 3.63) is 29.8 Å². The first-order chi connectivity index (χ1) is 15.4. The fourth-order valence-electron chi connectivity index (χ4n) is 6.29. The molecule has 4 aliphatic carbocycles. The number of aliphatic imine (C=N–C) groups is 1. The molecule has 32 heavy (non-hydrogen) atoms. The fourth-order valence-corrected chi connectivity index (χ4v) is 7.37. The van der Waals surface area contributed by atoms with Gasteiger partial charge < -0.3 is 15.4 Å². The number of esters is 1. The molecule has 0 radical (unpaired) electrons. The summed E-state index contributed by atoms with van der Waals surface area (Å²) in [4.78, 5) is 41.8. The molecule has 5 fully saturated rings. The minimum Gasteiger partial charge on any atom is -0.462 e. The fraction of sp³-hybridized carbons (Fsp3) is 0.583. The second-order valence-electron chi connectivity index (χ2n) is 9.70. The van der Waals surface area contributed by atoms with E-state index in [0.29, 0.717) is 23.0 Å². The van der Waals surface area contributed by atoms with Crippen LogP contribution >= 0.6 is 11.8 Å². The molecule has 1 atom stereocenters. The van der Waals surface area contributed by atoms with Crippen LogP contribution in [0, 0.1) is 17.8 Å². The second-order valence-corrected chi connectivity index (χ2v) is 10.9. The number of amidine groups is 1. The highest BCUT2D eigenvalue weighted by Gasteiger charge is 2.51. The van der Waals surface area contributed by atoms with E-state index in [1.807, 2.05) is 0 Å². The van der Waals surface area contributed by atoms with E-state index in [4.69, 9.17) is 9.73 Å². The number of ether oxygens (including phenoxy) is 1. The van der Waals surface area contributed by atoms with Gasteiger partial charge >= 0.3 is 5.97 Å². The molecule has 1 aromatic carbocycles. The van der Waals surface area contributed by atoms with Crippen LogP contribution in [-0.4, -0.2) is 40.3 Å². The summed E-state index contributed by atoms with van der Waals surface area (Å²) >= 11 is 1.39. The molecular formula is C24H29N3O4S. The Labute approximate surface area is 192 Å². The van der Waals surface area contributed by atoms with E-state index >= 15 is 0 Å². The van der Waals surface area contributed by atoms with Crippen LogP contribution in [0.5, 0.6) is 0 Å². The zero-order valence-electron chi connectivity index (χ0n) is 18.3. The van der Waals surface area contributed by atoms with E-state index in [2.05, 4.69) is 10.6 Å². The number of anilines is 1. The molecule has 7 nitrogen and oxygen atoms in total. The highest BCUT2D eigenvalue weighted by atomic mass is 32.2. The topological polar surface area (TPSA) is 96.9 Å². The Bertz CT molecular complexity index is 923. The quantitative estimate of drug-likeness (QED) is 0.637. The Balaban J connectivity index is 1.18. The smallest absolute Gasteiger partial charge is 0.338 e. The molecule has 1 saturated heterocycles. The van der Waals surface area contributed by atoms with Crippen LogP contribution in [0.3, 0.4) is 0 Å². The third kappa shape index (κ3) is 4.42. The maximum Gasteiger partial charge on any atom is 0.338 e. The Kier molecular flexibility index (Phi) is 5.73. The minimum atomic E-state index is -0.471. The van der Waals surface area contributed by atoms with E-state index in [1.54, 1.807) is 31.2 Å². The van der Waals surface area contributed by atoms with Gasteiger partial charge in [0.2, 0.25) is 11.8 Å². The largest absolute Gasteiger partial charge is 0.462 e. The number of carbonyl (C=O) groups excluding carboxylic acids is 3. The minimum absolute atomic E-state index is 0.00217. The van der Waals surface area contributed by atoms with Crippen LogP contribution in [0.2, 0.25) is 0 Å². The lowest BCUT2D eigenvalue weighted by atomic mass is 9.53. The lowest BCUT2D eigenvalue weighted by Gasteiger charge is -2.55. The molecule has 0 spiro atoms. The van der Waals surface area contributed by atoms with Crippen LogP contribution in [0.15, 0.2) is 29.3 Å². The highest BCUT2D eigenvalue weighted by Crippen LogP contribution is 2.57. The van der Waals surface area contributed by atoms with Crippen LogP contribution in [0.4, 0.5) is 5.69 Å². The number of nitrogens with zero attached hydrogens (tertiary/aromatic N) is 1. The molecule has 1 aliphatic heterocycles. The van der Waals surface area contributed by atoms with Crippen molar-refractivity contribution in [1.29, 1.82) is 0 Å². The summed E-state index contributed by atoms with van der Waals surface area (Å²) < 4.78 is 4.96. The molecule has 5 aliphatic rings. The van der Waals surface area contributed by atoms with Gasteiger partial charge in [0, 0.05) is 12.1 Å². The van der Waals surface area contributed by atoms with Crippen molar-refractivity contribution in [2.45, 2.75) is 62.7 Å². The maximum atomic E-state index is 12.5. The van der Waals surface area contributed by atoms with Gasteiger partial charge in [0.1, 0.15) is 5.25 Å². The second kappa shape index (κ2) is 8.54. The van der Waals surface area contributed by atoms with Gasteiger partial charge in [0.15, 0.2) is 5.17 Å². The molecule has 1 heterocycles. The number of carbonyl (C=O) groups is 3. The van der Waals surface area contributed by atoms with Gasteiger partial charge in [-0.3, -0.25) is 14.6 Å². The molecule has 2 N–H and O–H groups in total. The summed E-state index contributed by atoms with van der Waals surface area (Å²) in [7, 11) is 0. The van der Waals surface area contributed by atoms with Crippen molar-refractivity contribution in [3.8, 4) is 0 Å².